The van der Waals surface area contributed by atoms with E-state index in [1.165, 1.54) is 0 Å². The normalized spacial score (nSPS) is 19.6. The van der Waals surface area contributed by atoms with Crippen molar-refractivity contribution in [3.63, 3.8) is 0 Å². The molecule has 0 spiro atoms. The maximum atomic E-state index is 11.8. The number of ether oxygens (including phenoxy) is 1. The van der Waals surface area contributed by atoms with Crippen molar-refractivity contribution in [1.82, 2.24) is 15.2 Å². The lowest BCUT2D eigenvalue weighted by molar-refractivity contribution is 0.0505. The first-order valence-electron chi connectivity index (χ1n) is 7.89. The molecule has 22 heavy (non-hydrogen) atoms. The highest BCUT2D eigenvalue weighted by atomic mass is 16.6. The average Bonchev–Trinajstić information content (AvgIpc) is 2.97. The molecule has 1 atom stereocenters. The van der Waals surface area contributed by atoms with Crippen LogP contribution in [0.1, 0.15) is 58.6 Å². The Hall–Kier alpha value is -1.56. The second-order valence-electron chi connectivity index (χ2n) is 7.18. The second kappa shape index (κ2) is 6.69. The lowest BCUT2D eigenvalue weighted by atomic mass is 10.2. The molecule has 124 valence electrons. The number of amides is 1. The molecule has 0 saturated carbocycles. The highest BCUT2D eigenvalue weighted by Crippen LogP contribution is 2.18. The third-order valence-electron chi connectivity index (χ3n) is 3.49. The predicted molar refractivity (Wildman–Crippen MR) is 83.6 cm³/mol. The number of hydrogen-bond acceptors (Lipinski definition) is 5. The van der Waals surface area contributed by atoms with Crippen LogP contribution in [0, 0.1) is 0 Å². The van der Waals surface area contributed by atoms with Crippen LogP contribution in [0.2, 0.25) is 0 Å². The highest BCUT2D eigenvalue weighted by molar-refractivity contribution is 5.68. The molecule has 0 aromatic carbocycles. The van der Waals surface area contributed by atoms with Gasteiger partial charge in [-0.1, -0.05) is 13.8 Å². The van der Waals surface area contributed by atoms with Crippen LogP contribution in [-0.2, 0) is 11.3 Å². The monoisotopic (exact) mass is 309 g/mol. The second-order valence-corrected chi connectivity index (χ2v) is 7.18. The van der Waals surface area contributed by atoms with E-state index < -0.39 is 5.60 Å². The van der Waals surface area contributed by atoms with E-state index in [1.54, 1.807) is 6.20 Å². The molecule has 0 radical (unpaired) electrons. The summed E-state index contributed by atoms with van der Waals surface area (Å²) in [6, 6.07) is 0.120. The van der Waals surface area contributed by atoms with Gasteiger partial charge in [0.2, 0.25) is 5.89 Å². The first kappa shape index (κ1) is 16.8. The third-order valence-corrected chi connectivity index (χ3v) is 3.49. The number of alkyl carbamates (subject to hydrolysis) is 1. The average molecular weight is 309 g/mol. The van der Waals surface area contributed by atoms with Gasteiger partial charge in [-0.05, 0) is 27.2 Å². The lowest BCUT2D eigenvalue weighted by Gasteiger charge is -2.21. The van der Waals surface area contributed by atoms with Crippen molar-refractivity contribution >= 4 is 6.09 Å². The lowest BCUT2D eigenvalue weighted by Crippen LogP contribution is -2.40. The Bertz CT molecular complexity index is 505. The number of aromatic nitrogens is 1. The van der Waals surface area contributed by atoms with E-state index in [1.807, 2.05) is 20.8 Å². The number of carbonyl (C=O) groups is 1. The summed E-state index contributed by atoms with van der Waals surface area (Å²) in [6.07, 6.45) is 2.36. The summed E-state index contributed by atoms with van der Waals surface area (Å²) >= 11 is 0. The molecule has 1 fully saturated rings. The number of nitrogens with zero attached hydrogens (tertiary/aromatic N) is 2. The van der Waals surface area contributed by atoms with Crippen LogP contribution in [0.25, 0.3) is 0 Å². The van der Waals surface area contributed by atoms with Crippen LogP contribution < -0.4 is 5.32 Å². The molecule has 0 aliphatic carbocycles. The van der Waals surface area contributed by atoms with Crippen molar-refractivity contribution in [2.45, 2.75) is 65.1 Å². The molecule has 1 aliphatic rings. The van der Waals surface area contributed by atoms with Crippen molar-refractivity contribution in [1.29, 1.82) is 0 Å². The minimum atomic E-state index is -0.465. The molecule has 2 rings (SSSR count). The Labute approximate surface area is 132 Å². The van der Waals surface area contributed by atoms with Crippen molar-refractivity contribution in [2.24, 2.45) is 0 Å². The van der Waals surface area contributed by atoms with Gasteiger partial charge in [-0.15, -0.1) is 0 Å². The van der Waals surface area contributed by atoms with Crippen LogP contribution in [0.5, 0.6) is 0 Å². The molecule has 1 N–H and O–H groups in total. The van der Waals surface area contributed by atoms with E-state index in [9.17, 15) is 4.79 Å². The molecule has 1 saturated heterocycles. The number of carbonyl (C=O) groups excluding carboxylic acids is 1. The molecule has 1 aromatic heterocycles. The van der Waals surface area contributed by atoms with Crippen LogP contribution >= 0.6 is 0 Å². The summed E-state index contributed by atoms with van der Waals surface area (Å²) in [4.78, 5) is 18.3. The molecule has 1 amide bonds. The minimum absolute atomic E-state index is 0.120. The molecular formula is C16H27N3O3. The zero-order valence-corrected chi connectivity index (χ0v) is 14.2. The predicted octanol–water partition coefficient (Wildman–Crippen LogP) is 2.90. The van der Waals surface area contributed by atoms with Crippen molar-refractivity contribution in [2.75, 3.05) is 13.1 Å². The Kier molecular flexibility index (Phi) is 5.11. The number of hydrogen-bond donors (Lipinski definition) is 1. The van der Waals surface area contributed by atoms with Gasteiger partial charge >= 0.3 is 6.09 Å². The zero-order valence-electron chi connectivity index (χ0n) is 14.2. The van der Waals surface area contributed by atoms with Gasteiger partial charge in [0.15, 0.2) is 0 Å². The number of oxazole rings is 1. The standard InChI is InChI=1S/C16H27N3O3/c1-11(2)13-8-17-14(21-13)10-19-7-6-12(9-19)18-15(20)22-16(3,4)5/h8,11-12H,6-7,9-10H2,1-5H3,(H,18,20). The first-order valence-corrected chi connectivity index (χ1v) is 7.89. The molecule has 1 aliphatic heterocycles. The van der Waals surface area contributed by atoms with E-state index in [0.29, 0.717) is 12.5 Å². The Morgan fingerprint density at radius 3 is 2.86 bits per heavy atom. The maximum Gasteiger partial charge on any atom is 0.407 e. The number of rotatable bonds is 4. The van der Waals surface area contributed by atoms with Crippen LogP contribution in [0.3, 0.4) is 0 Å². The van der Waals surface area contributed by atoms with Gasteiger partial charge in [-0.3, -0.25) is 4.90 Å². The summed E-state index contributed by atoms with van der Waals surface area (Å²) in [5.41, 5.74) is -0.465. The highest BCUT2D eigenvalue weighted by Gasteiger charge is 2.27. The molecule has 2 heterocycles. The Morgan fingerprint density at radius 1 is 1.55 bits per heavy atom. The minimum Gasteiger partial charge on any atom is -0.444 e. The Morgan fingerprint density at radius 2 is 2.27 bits per heavy atom. The summed E-state index contributed by atoms with van der Waals surface area (Å²) in [5, 5.41) is 2.92. The molecule has 1 unspecified atom stereocenters. The van der Waals surface area contributed by atoms with E-state index >= 15 is 0 Å². The summed E-state index contributed by atoms with van der Waals surface area (Å²) < 4.78 is 11.0. The van der Waals surface area contributed by atoms with Gasteiger partial charge in [-0.25, -0.2) is 9.78 Å². The molecule has 1 aromatic rings. The van der Waals surface area contributed by atoms with Gasteiger partial charge in [0, 0.05) is 25.0 Å². The molecular weight excluding hydrogens is 282 g/mol. The van der Waals surface area contributed by atoms with Crippen molar-refractivity contribution in [3.05, 3.63) is 17.8 Å². The first-order chi connectivity index (χ1) is 10.2. The Balaban J connectivity index is 1.78. The smallest absolute Gasteiger partial charge is 0.407 e. The van der Waals surface area contributed by atoms with Crippen LogP contribution in [0.15, 0.2) is 10.6 Å². The van der Waals surface area contributed by atoms with Gasteiger partial charge in [0.25, 0.3) is 0 Å². The number of nitrogens with one attached hydrogen (secondary N) is 1. The van der Waals surface area contributed by atoms with Gasteiger partial charge < -0.3 is 14.5 Å². The SMILES string of the molecule is CC(C)c1cnc(CN2CCC(NC(=O)OC(C)(C)C)C2)o1. The van der Waals surface area contributed by atoms with E-state index in [0.717, 1.165) is 31.2 Å². The number of likely N-dealkylation sites (tertiary alicyclic amines) is 1. The van der Waals surface area contributed by atoms with Gasteiger partial charge in [0.05, 0.1) is 12.7 Å². The van der Waals surface area contributed by atoms with Crippen LogP contribution in [0.4, 0.5) is 4.79 Å². The fourth-order valence-corrected chi connectivity index (χ4v) is 2.42. The molecule has 6 heteroatoms. The van der Waals surface area contributed by atoms with Crippen molar-refractivity contribution in [3.8, 4) is 0 Å². The summed E-state index contributed by atoms with van der Waals surface area (Å²) in [6.45, 7) is 12.1. The topological polar surface area (TPSA) is 67.6 Å². The molecule has 0 bridgehead atoms. The zero-order chi connectivity index (χ0) is 16.3. The maximum absolute atomic E-state index is 11.8. The van der Waals surface area contributed by atoms with Gasteiger partial charge in [-0.2, -0.15) is 0 Å². The van der Waals surface area contributed by atoms with Crippen LogP contribution in [-0.4, -0.2) is 40.7 Å². The fraction of sp³-hybridized carbons (Fsp3) is 0.750. The van der Waals surface area contributed by atoms with E-state index in [2.05, 4.69) is 29.0 Å². The van der Waals surface area contributed by atoms with Gasteiger partial charge in [0.1, 0.15) is 11.4 Å². The fourth-order valence-electron chi connectivity index (χ4n) is 2.42. The molecule has 6 nitrogen and oxygen atoms in total. The van der Waals surface area contributed by atoms with Crippen molar-refractivity contribution < 1.29 is 13.9 Å². The van der Waals surface area contributed by atoms with E-state index in [4.69, 9.17) is 9.15 Å². The third kappa shape index (κ3) is 5.02. The quantitative estimate of drug-likeness (QED) is 0.926. The summed E-state index contributed by atoms with van der Waals surface area (Å²) in [7, 11) is 0. The largest absolute Gasteiger partial charge is 0.444 e. The summed E-state index contributed by atoms with van der Waals surface area (Å²) in [5.74, 6) is 2.00. The van der Waals surface area contributed by atoms with E-state index in [-0.39, 0.29) is 12.1 Å².